The number of hydrogen-bond donors (Lipinski definition) is 1. The molecule has 20 heavy (non-hydrogen) atoms. The lowest BCUT2D eigenvalue weighted by Gasteiger charge is -2.33. The molecule has 1 aliphatic rings. The van der Waals surface area contributed by atoms with Crippen LogP contribution in [0.2, 0.25) is 0 Å². The molecule has 1 N–H and O–H groups in total. The van der Waals surface area contributed by atoms with E-state index in [4.69, 9.17) is 9.47 Å². The molecule has 0 radical (unpaired) electrons. The van der Waals surface area contributed by atoms with Crippen molar-refractivity contribution in [2.45, 2.75) is 44.8 Å². The van der Waals surface area contributed by atoms with Gasteiger partial charge < -0.3 is 14.8 Å². The van der Waals surface area contributed by atoms with Crippen LogP contribution in [-0.4, -0.2) is 33.0 Å². The van der Waals surface area contributed by atoms with Gasteiger partial charge in [-0.25, -0.2) is 0 Å². The van der Waals surface area contributed by atoms with E-state index in [0.29, 0.717) is 19.3 Å². The zero-order chi connectivity index (χ0) is 14.2. The van der Waals surface area contributed by atoms with Gasteiger partial charge in [0.15, 0.2) is 0 Å². The van der Waals surface area contributed by atoms with Crippen molar-refractivity contribution in [2.24, 2.45) is 0 Å². The maximum atomic E-state index is 6.04. The summed E-state index contributed by atoms with van der Waals surface area (Å²) in [6.45, 7) is 4.42. The molecule has 0 saturated heterocycles. The van der Waals surface area contributed by atoms with Crippen LogP contribution < -0.4 is 5.32 Å². The molecule has 0 bridgehead atoms. The number of ether oxygens (including phenoxy) is 2. The van der Waals surface area contributed by atoms with Crippen molar-refractivity contribution in [3.8, 4) is 0 Å². The first-order valence-corrected chi connectivity index (χ1v) is 7.81. The van der Waals surface area contributed by atoms with Gasteiger partial charge in [-0.3, -0.25) is 0 Å². The van der Waals surface area contributed by atoms with Gasteiger partial charge in [0.25, 0.3) is 0 Å². The summed E-state index contributed by atoms with van der Waals surface area (Å²) in [7, 11) is 2.01. The molecule has 2 rings (SSSR count). The quantitative estimate of drug-likeness (QED) is 0.741. The van der Waals surface area contributed by atoms with Gasteiger partial charge in [0.05, 0.1) is 25.4 Å². The van der Waals surface area contributed by atoms with Gasteiger partial charge in [-0.2, -0.15) is 0 Å². The van der Waals surface area contributed by atoms with E-state index in [0.717, 1.165) is 25.9 Å². The van der Waals surface area contributed by atoms with Crippen LogP contribution in [0, 0.1) is 0 Å². The van der Waals surface area contributed by atoms with Crippen molar-refractivity contribution in [1.82, 2.24) is 5.32 Å². The molecule has 1 aliphatic carbocycles. The predicted octanol–water partition coefficient (Wildman–Crippen LogP) is 3.10. The summed E-state index contributed by atoms with van der Waals surface area (Å²) in [6.07, 6.45) is 4.76. The highest BCUT2D eigenvalue weighted by Gasteiger charge is 2.28. The summed E-state index contributed by atoms with van der Waals surface area (Å²) in [4.78, 5) is 0. The Kier molecular flexibility index (Phi) is 6.51. The molecular formula is C17H27NO2. The summed E-state index contributed by atoms with van der Waals surface area (Å²) < 4.78 is 11.6. The van der Waals surface area contributed by atoms with Crippen LogP contribution in [0.25, 0.3) is 0 Å². The fraction of sp³-hybridized carbons (Fsp3) is 0.647. The van der Waals surface area contributed by atoms with Crippen molar-refractivity contribution in [1.29, 1.82) is 0 Å². The number of benzene rings is 1. The zero-order valence-corrected chi connectivity index (χ0v) is 12.7. The number of hydrogen-bond acceptors (Lipinski definition) is 3. The zero-order valence-electron chi connectivity index (χ0n) is 12.7. The molecule has 0 heterocycles. The van der Waals surface area contributed by atoms with Crippen LogP contribution in [0.4, 0.5) is 0 Å². The number of unbranched alkanes of at least 4 members (excludes halogenated alkanes) is 1. The third-order valence-electron chi connectivity index (χ3n) is 3.97. The number of likely N-dealkylation sites (N-methyl/N-ethyl adjacent to an activating group) is 1. The van der Waals surface area contributed by atoms with Crippen molar-refractivity contribution < 1.29 is 9.47 Å². The third-order valence-corrected chi connectivity index (χ3v) is 3.97. The molecule has 3 nitrogen and oxygen atoms in total. The number of fused-ring (bicyclic) bond motifs is 1. The van der Waals surface area contributed by atoms with Gasteiger partial charge in [0.2, 0.25) is 0 Å². The minimum Gasteiger partial charge on any atom is -0.379 e. The van der Waals surface area contributed by atoms with Crippen LogP contribution in [0.3, 0.4) is 0 Å². The lowest BCUT2D eigenvalue weighted by molar-refractivity contribution is -0.0179. The van der Waals surface area contributed by atoms with Gasteiger partial charge in [0, 0.05) is 6.61 Å². The Morgan fingerprint density at radius 3 is 2.85 bits per heavy atom. The molecular weight excluding hydrogens is 250 g/mol. The second kappa shape index (κ2) is 8.40. The van der Waals surface area contributed by atoms with Gasteiger partial charge in [-0.15, -0.1) is 0 Å². The highest BCUT2D eigenvalue weighted by molar-refractivity contribution is 5.33. The molecule has 0 spiro atoms. The van der Waals surface area contributed by atoms with Crippen LogP contribution in [0.15, 0.2) is 24.3 Å². The molecule has 0 saturated carbocycles. The first kappa shape index (κ1) is 15.5. The van der Waals surface area contributed by atoms with Crippen LogP contribution in [-0.2, 0) is 15.9 Å². The Hall–Kier alpha value is -0.900. The van der Waals surface area contributed by atoms with Gasteiger partial charge >= 0.3 is 0 Å². The Bertz CT molecular complexity index is 394. The van der Waals surface area contributed by atoms with Crippen molar-refractivity contribution in [2.75, 3.05) is 26.9 Å². The SMILES string of the molecule is CCCCOCCOC1CCc2ccccc2C1NC. The van der Waals surface area contributed by atoms with Crippen LogP contribution >= 0.6 is 0 Å². The summed E-state index contributed by atoms with van der Waals surface area (Å²) in [5, 5.41) is 3.41. The summed E-state index contributed by atoms with van der Waals surface area (Å²) in [5.74, 6) is 0. The van der Waals surface area contributed by atoms with Gasteiger partial charge in [0.1, 0.15) is 0 Å². The van der Waals surface area contributed by atoms with E-state index in [2.05, 4.69) is 36.5 Å². The highest BCUT2D eigenvalue weighted by atomic mass is 16.5. The molecule has 1 aromatic carbocycles. The Labute approximate surface area is 122 Å². The van der Waals surface area contributed by atoms with E-state index >= 15 is 0 Å². The third kappa shape index (κ3) is 4.05. The van der Waals surface area contributed by atoms with E-state index in [-0.39, 0.29) is 6.10 Å². The smallest absolute Gasteiger partial charge is 0.0774 e. The van der Waals surface area contributed by atoms with Crippen molar-refractivity contribution >= 4 is 0 Å². The standard InChI is InChI=1S/C17H27NO2/c1-3-4-11-19-12-13-20-16-10-9-14-7-5-6-8-15(14)17(16)18-2/h5-8,16-18H,3-4,9-13H2,1-2H3. The largest absolute Gasteiger partial charge is 0.379 e. The van der Waals surface area contributed by atoms with E-state index in [1.165, 1.54) is 17.5 Å². The summed E-state index contributed by atoms with van der Waals surface area (Å²) in [5.41, 5.74) is 2.84. The summed E-state index contributed by atoms with van der Waals surface area (Å²) >= 11 is 0. The second-order valence-electron chi connectivity index (χ2n) is 5.38. The highest BCUT2D eigenvalue weighted by Crippen LogP contribution is 2.31. The Morgan fingerprint density at radius 2 is 2.05 bits per heavy atom. The van der Waals surface area contributed by atoms with E-state index in [1.807, 2.05) is 7.05 Å². The average molecular weight is 277 g/mol. The van der Waals surface area contributed by atoms with Crippen LogP contribution in [0.5, 0.6) is 0 Å². The van der Waals surface area contributed by atoms with E-state index < -0.39 is 0 Å². The number of aryl methyl sites for hydroxylation is 1. The lowest BCUT2D eigenvalue weighted by atomic mass is 9.85. The molecule has 112 valence electrons. The van der Waals surface area contributed by atoms with Crippen LogP contribution in [0.1, 0.15) is 43.4 Å². The normalized spacial score (nSPS) is 21.7. The topological polar surface area (TPSA) is 30.5 Å². The maximum absolute atomic E-state index is 6.04. The van der Waals surface area contributed by atoms with Crippen molar-refractivity contribution in [3.05, 3.63) is 35.4 Å². The first-order chi connectivity index (χ1) is 9.86. The molecule has 0 aromatic heterocycles. The summed E-state index contributed by atoms with van der Waals surface area (Å²) in [6, 6.07) is 8.97. The molecule has 0 aliphatic heterocycles. The molecule has 3 heteroatoms. The molecule has 1 aromatic rings. The molecule has 0 fully saturated rings. The van der Waals surface area contributed by atoms with E-state index in [1.54, 1.807) is 0 Å². The Balaban J connectivity index is 1.81. The molecule has 0 amide bonds. The Morgan fingerprint density at radius 1 is 1.20 bits per heavy atom. The second-order valence-corrected chi connectivity index (χ2v) is 5.38. The average Bonchev–Trinajstić information content (AvgIpc) is 2.50. The minimum absolute atomic E-state index is 0.254. The first-order valence-electron chi connectivity index (χ1n) is 7.81. The minimum atomic E-state index is 0.254. The fourth-order valence-electron chi connectivity index (χ4n) is 2.86. The fourth-order valence-corrected chi connectivity index (χ4v) is 2.86. The number of nitrogens with one attached hydrogen (secondary N) is 1. The van der Waals surface area contributed by atoms with Gasteiger partial charge in [-0.1, -0.05) is 37.6 Å². The monoisotopic (exact) mass is 277 g/mol. The van der Waals surface area contributed by atoms with Gasteiger partial charge in [-0.05, 0) is 37.4 Å². The van der Waals surface area contributed by atoms with E-state index in [9.17, 15) is 0 Å². The van der Waals surface area contributed by atoms with Crippen molar-refractivity contribution in [3.63, 3.8) is 0 Å². The lowest BCUT2D eigenvalue weighted by Crippen LogP contribution is -2.36. The number of rotatable bonds is 8. The molecule has 2 atom stereocenters. The maximum Gasteiger partial charge on any atom is 0.0774 e. The predicted molar refractivity (Wildman–Crippen MR) is 82.0 cm³/mol. The molecule has 2 unspecified atom stereocenters.